The summed E-state index contributed by atoms with van der Waals surface area (Å²) in [6, 6.07) is 4.61. The summed E-state index contributed by atoms with van der Waals surface area (Å²) >= 11 is 1.48. The molecule has 0 bridgehead atoms. The molecule has 0 aliphatic carbocycles. The molecule has 0 N–H and O–H groups in total. The average molecular weight is 336 g/mol. The Morgan fingerprint density at radius 2 is 2.35 bits per heavy atom. The van der Waals surface area contributed by atoms with Gasteiger partial charge in [-0.25, -0.2) is 4.79 Å². The molecule has 1 saturated heterocycles. The Hall–Kier alpha value is -2.22. The van der Waals surface area contributed by atoms with Gasteiger partial charge in [0.1, 0.15) is 35.2 Å². The van der Waals surface area contributed by atoms with Gasteiger partial charge >= 0.3 is 5.97 Å². The van der Waals surface area contributed by atoms with E-state index >= 15 is 0 Å². The molecule has 8 heteroatoms. The number of hydrogen-bond donors (Lipinski definition) is 0. The summed E-state index contributed by atoms with van der Waals surface area (Å²) in [4.78, 5) is 25.8. The molecule has 122 valence electrons. The van der Waals surface area contributed by atoms with E-state index in [4.69, 9.17) is 13.7 Å². The van der Waals surface area contributed by atoms with Crippen molar-refractivity contribution in [2.75, 3.05) is 5.75 Å². The lowest BCUT2D eigenvalue weighted by Crippen LogP contribution is -2.42. The van der Waals surface area contributed by atoms with Crippen LogP contribution in [0.1, 0.15) is 29.5 Å². The normalized spacial score (nSPS) is 20.7. The molecule has 1 aliphatic heterocycles. The summed E-state index contributed by atoms with van der Waals surface area (Å²) in [5.41, 5.74) is 0.540. The Labute approximate surface area is 136 Å². The van der Waals surface area contributed by atoms with Crippen molar-refractivity contribution in [3.63, 3.8) is 0 Å². The van der Waals surface area contributed by atoms with Gasteiger partial charge in [-0.15, -0.1) is 11.8 Å². The number of furan rings is 1. The monoisotopic (exact) mass is 336 g/mol. The highest BCUT2D eigenvalue weighted by Crippen LogP contribution is 2.41. The fourth-order valence-corrected chi connectivity index (χ4v) is 3.87. The molecule has 1 aliphatic rings. The third-order valence-electron chi connectivity index (χ3n) is 3.46. The molecule has 3 rings (SSSR count). The Morgan fingerprint density at radius 3 is 2.96 bits per heavy atom. The molecule has 0 saturated carbocycles. The molecule has 23 heavy (non-hydrogen) atoms. The minimum Gasteiger partial charge on any atom is -0.466 e. The van der Waals surface area contributed by atoms with Crippen LogP contribution in [0.3, 0.4) is 0 Å². The summed E-state index contributed by atoms with van der Waals surface area (Å²) in [5, 5.41) is 3.46. The van der Waals surface area contributed by atoms with Crippen molar-refractivity contribution in [2.45, 2.75) is 31.9 Å². The van der Waals surface area contributed by atoms with Gasteiger partial charge in [0, 0.05) is 18.7 Å². The average Bonchev–Trinajstić information content (AvgIpc) is 3.24. The SMILES string of the molecule is CC(=O)N1[C@@H](C(=O)OCc2cc(C)on2)CS[C@@H]1c1ccco1. The van der Waals surface area contributed by atoms with Crippen LogP contribution in [0.4, 0.5) is 0 Å². The number of aryl methyl sites for hydroxylation is 1. The number of amides is 1. The molecule has 0 unspecified atom stereocenters. The summed E-state index contributed by atoms with van der Waals surface area (Å²) in [6.45, 7) is 3.22. The highest BCUT2D eigenvalue weighted by Gasteiger charge is 2.43. The lowest BCUT2D eigenvalue weighted by atomic mass is 10.2. The number of carbonyl (C=O) groups excluding carboxylic acids is 2. The number of rotatable bonds is 4. The molecular formula is C15H16N2O5S. The van der Waals surface area contributed by atoms with Gasteiger partial charge in [-0.05, 0) is 19.1 Å². The predicted molar refractivity (Wildman–Crippen MR) is 81.3 cm³/mol. The van der Waals surface area contributed by atoms with Crippen molar-refractivity contribution in [1.29, 1.82) is 0 Å². The van der Waals surface area contributed by atoms with Crippen LogP contribution >= 0.6 is 11.8 Å². The third kappa shape index (κ3) is 3.26. The van der Waals surface area contributed by atoms with Crippen molar-refractivity contribution in [2.24, 2.45) is 0 Å². The first-order valence-electron chi connectivity index (χ1n) is 7.09. The molecule has 3 heterocycles. The van der Waals surface area contributed by atoms with Crippen LogP contribution in [-0.4, -0.2) is 33.7 Å². The van der Waals surface area contributed by atoms with Crippen LogP contribution in [0, 0.1) is 6.92 Å². The fourth-order valence-electron chi connectivity index (χ4n) is 2.45. The standard InChI is InChI=1S/C15H16N2O5S/c1-9-6-11(16-22-9)7-21-15(19)12-8-23-14(17(12)10(2)18)13-4-3-5-20-13/h3-6,12,14H,7-8H2,1-2H3/t12-,14-/m1/s1. The van der Waals surface area contributed by atoms with E-state index in [1.54, 1.807) is 31.4 Å². The first-order valence-corrected chi connectivity index (χ1v) is 8.14. The van der Waals surface area contributed by atoms with Crippen molar-refractivity contribution in [3.05, 3.63) is 41.7 Å². The number of thioether (sulfide) groups is 1. The highest BCUT2D eigenvalue weighted by atomic mass is 32.2. The van der Waals surface area contributed by atoms with E-state index in [2.05, 4.69) is 5.16 Å². The van der Waals surface area contributed by atoms with Gasteiger partial charge in [-0.2, -0.15) is 0 Å². The highest BCUT2D eigenvalue weighted by molar-refractivity contribution is 7.99. The lowest BCUT2D eigenvalue weighted by molar-refractivity contribution is -0.155. The van der Waals surface area contributed by atoms with E-state index in [1.165, 1.54) is 23.6 Å². The molecule has 2 atom stereocenters. The van der Waals surface area contributed by atoms with Crippen LogP contribution in [0.15, 0.2) is 33.4 Å². The van der Waals surface area contributed by atoms with Crippen molar-refractivity contribution >= 4 is 23.6 Å². The van der Waals surface area contributed by atoms with Crippen LogP contribution in [0.2, 0.25) is 0 Å². The van der Waals surface area contributed by atoms with Crippen molar-refractivity contribution in [3.8, 4) is 0 Å². The van der Waals surface area contributed by atoms with Crippen LogP contribution in [0.5, 0.6) is 0 Å². The Morgan fingerprint density at radius 1 is 1.52 bits per heavy atom. The maximum Gasteiger partial charge on any atom is 0.330 e. The van der Waals surface area contributed by atoms with Gasteiger partial charge in [-0.1, -0.05) is 5.16 Å². The first-order chi connectivity index (χ1) is 11.1. The topological polar surface area (TPSA) is 85.8 Å². The molecular weight excluding hydrogens is 320 g/mol. The first kappa shape index (κ1) is 15.7. The van der Waals surface area contributed by atoms with E-state index < -0.39 is 12.0 Å². The molecule has 2 aromatic heterocycles. The van der Waals surface area contributed by atoms with Gasteiger partial charge in [0.25, 0.3) is 0 Å². The molecule has 2 aromatic rings. The van der Waals surface area contributed by atoms with Crippen LogP contribution in [0.25, 0.3) is 0 Å². The number of carbonyl (C=O) groups is 2. The van der Waals surface area contributed by atoms with E-state index in [0.717, 1.165) is 0 Å². The third-order valence-corrected chi connectivity index (χ3v) is 4.75. The molecule has 1 fully saturated rings. The van der Waals surface area contributed by atoms with E-state index in [9.17, 15) is 9.59 Å². The van der Waals surface area contributed by atoms with Crippen LogP contribution < -0.4 is 0 Å². The molecule has 1 amide bonds. The zero-order chi connectivity index (χ0) is 16.4. The maximum absolute atomic E-state index is 12.3. The number of nitrogens with zero attached hydrogens (tertiary/aromatic N) is 2. The second-order valence-electron chi connectivity index (χ2n) is 5.18. The largest absolute Gasteiger partial charge is 0.466 e. The van der Waals surface area contributed by atoms with E-state index in [-0.39, 0.29) is 17.9 Å². The smallest absolute Gasteiger partial charge is 0.330 e. The second-order valence-corrected chi connectivity index (χ2v) is 6.29. The minimum atomic E-state index is -0.638. The van der Waals surface area contributed by atoms with Gasteiger partial charge in [0.2, 0.25) is 5.91 Å². The summed E-state index contributed by atoms with van der Waals surface area (Å²) in [6.07, 6.45) is 1.55. The van der Waals surface area contributed by atoms with Crippen molar-refractivity contribution in [1.82, 2.24) is 10.1 Å². The number of ether oxygens (including phenoxy) is 1. The Kier molecular flexibility index (Phi) is 4.42. The van der Waals surface area contributed by atoms with Crippen molar-refractivity contribution < 1.29 is 23.3 Å². The Balaban J connectivity index is 1.68. The van der Waals surface area contributed by atoms with E-state index in [1.807, 2.05) is 0 Å². The maximum atomic E-state index is 12.3. The quantitative estimate of drug-likeness (QED) is 0.792. The summed E-state index contributed by atoms with van der Waals surface area (Å²) in [5.74, 6) is 1.10. The fraction of sp³-hybridized carbons (Fsp3) is 0.400. The lowest BCUT2D eigenvalue weighted by Gasteiger charge is -2.25. The molecule has 0 spiro atoms. The number of esters is 1. The van der Waals surface area contributed by atoms with E-state index in [0.29, 0.717) is 23.0 Å². The summed E-state index contributed by atoms with van der Waals surface area (Å²) < 4.78 is 15.6. The van der Waals surface area contributed by atoms with Crippen LogP contribution in [-0.2, 0) is 20.9 Å². The summed E-state index contributed by atoms with van der Waals surface area (Å²) in [7, 11) is 0. The second kappa shape index (κ2) is 6.49. The van der Waals surface area contributed by atoms with Gasteiger partial charge in [0.15, 0.2) is 0 Å². The molecule has 0 radical (unpaired) electrons. The van der Waals surface area contributed by atoms with Gasteiger partial charge < -0.3 is 18.6 Å². The predicted octanol–water partition coefficient (Wildman–Crippen LogP) is 2.28. The zero-order valence-electron chi connectivity index (χ0n) is 12.7. The zero-order valence-corrected chi connectivity index (χ0v) is 13.5. The number of hydrogen-bond acceptors (Lipinski definition) is 7. The molecule has 7 nitrogen and oxygen atoms in total. The minimum absolute atomic E-state index is 0.0223. The Bertz CT molecular complexity index is 697. The van der Waals surface area contributed by atoms with Gasteiger partial charge in [-0.3, -0.25) is 4.79 Å². The number of aromatic nitrogens is 1. The molecule has 0 aromatic carbocycles. The van der Waals surface area contributed by atoms with Gasteiger partial charge in [0.05, 0.1) is 6.26 Å².